The highest BCUT2D eigenvalue weighted by Gasteiger charge is 2.32. The lowest BCUT2D eigenvalue weighted by Gasteiger charge is -2.17. The van der Waals surface area contributed by atoms with E-state index in [-0.39, 0.29) is 30.2 Å². The topological polar surface area (TPSA) is 79.4 Å². The number of amides is 3. The first-order valence-corrected chi connectivity index (χ1v) is 7.20. The Morgan fingerprint density at radius 3 is 2.57 bits per heavy atom. The van der Waals surface area contributed by atoms with Gasteiger partial charge in [-0.1, -0.05) is 12.1 Å². The molecule has 1 aliphatic rings. The molecule has 0 unspecified atom stereocenters. The fourth-order valence-corrected chi connectivity index (χ4v) is 2.68. The molecule has 0 bridgehead atoms. The number of anilines is 2. The normalized spacial score (nSPS) is 14.6. The summed E-state index contributed by atoms with van der Waals surface area (Å²) >= 11 is 1.29. The molecule has 3 amide bonds. The Hall–Kier alpha value is -2.54. The second-order valence-electron chi connectivity index (χ2n) is 4.43. The Bertz CT molecular complexity index is 696. The molecule has 7 heteroatoms. The van der Waals surface area contributed by atoms with Gasteiger partial charge in [0.2, 0.25) is 11.8 Å². The molecule has 3 rings (SSSR count). The first kappa shape index (κ1) is 13.4. The van der Waals surface area contributed by atoms with E-state index in [2.05, 4.69) is 10.3 Å². The minimum absolute atomic E-state index is 0.182. The second-order valence-corrected chi connectivity index (χ2v) is 5.33. The lowest BCUT2D eigenvalue weighted by atomic mass is 10.1. The van der Waals surface area contributed by atoms with Crippen molar-refractivity contribution in [3.63, 3.8) is 0 Å². The molecule has 1 aromatic heterocycles. The first-order valence-electron chi connectivity index (χ1n) is 6.32. The van der Waals surface area contributed by atoms with Gasteiger partial charge in [-0.3, -0.25) is 19.7 Å². The van der Waals surface area contributed by atoms with Crippen LogP contribution in [0.5, 0.6) is 0 Å². The fourth-order valence-electron chi connectivity index (χ4n) is 2.16. The molecule has 0 radical (unpaired) electrons. The van der Waals surface area contributed by atoms with Crippen molar-refractivity contribution in [1.82, 2.24) is 4.98 Å². The van der Waals surface area contributed by atoms with Crippen molar-refractivity contribution in [3.8, 4) is 0 Å². The monoisotopic (exact) mass is 301 g/mol. The summed E-state index contributed by atoms with van der Waals surface area (Å²) in [5.41, 5.74) is 0.593. The third-order valence-corrected chi connectivity index (χ3v) is 3.78. The number of hydrogen-bond acceptors (Lipinski definition) is 5. The molecule has 1 aliphatic heterocycles. The summed E-state index contributed by atoms with van der Waals surface area (Å²) in [6.07, 6.45) is 1.95. The van der Waals surface area contributed by atoms with Crippen molar-refractivity contribution in [2.24, 2.45) is 0 Å². The van der Waals surface area contributed by atoms with E-state index in [1.807, 2.05) is 0 Å². The maximum absolute atomic E-state index is 12.3. The molecule has 0 saturated carbocycles. The van der Waals surface area contributed by atoms with Crippen LogP contribution in [0, 0.1) is 0 Å². The molecule has 2 aromatic rings. The lowest BCUT2D eigenvalue weighted by Crippen LogP contribution is -2.30. The van der Waals surface area contributed by atoms with Gasteiger partial charge in [-0.25, -0.2) is 9.88 Å². The van der Waals surface area contributed by atoms with Gasteiger partial charge < -0.3 is 0 Å². The standard InChI is InChI=1S/C14H11N3O3S/c18-11-5-6-12(19)17(11)10-4-2-1-3-9(10)13(20)16-14-15-7-8-21-14/h1-4,7-8H,5-6H2,(H,15,16,20). The number of hydrogen-bond donors (Lipinski definition) is 1. The van der Waals surface area contributed by atoms with Crippen LogP contribution in [0.4, 0.5) is 10.8 Å². The first-order chi connectivity index (χ1) is 10.2. The minimum Gasteiger partial charge on any atom is -0.298 e. The zero-order valence-electron chi connectivity index (χ0n) is 10.9. The number of rotatable bonds is 3. The number of carbonyl (C=O) groups is 3. The molecule has 0 aliphatic carbocycles. The predicted molar refractivity (Wildman–Crippen MR) is 78.2 cm³/mol. The molecule has 21 heavy (non-hydrogen) atoms. The number of benzene rings is 1. The second kappa shape index (κ2) is 5.45. The van der Waals surface area contributed by atoms with E-state index in [1.54, 1.807) is 35.8 Å². The van der Waals surface area contributed by atoms with Crippen LogP contribution >= 0.6 is 11.3 Å². The summed E-state index contributed by atoms with van der Waals surface area (Å²) in [6.45, 7) is 0. The van der Waals surface area contributed by atoms with Gasteiger partial charge in [-0.05, 0) is 12.1 Å². The van der Waals surface area contributed by atoms with E-state index < -0.39 is 5.91 Å². The van der Waals surface area contributed by atoms with E-state index in [1.165, 1.54) is 11.3 Å². The Kier molecular flexibility index (Phi) is 3.49. The SMILES string of the molecule is O=C(Nc1nccs1)c1ccccc1N1C(=O)CCC1=O. The van der Waals surface area contributed by atoms with Gasteiger partial charge in [0.05, 0.1) is 11.3 Å². The fraction of sp³-hybridized carbons (Fsp3) is 0.143. The van der Waals surface area contributed by atoms with Gasteiger partial charge in [0.25, 0.3) is 5.91 Å². The molecule has 0 atom stereocenters. The third-order valence-electron chi connectivity index (χ3n) is 3.09. The van der Waals surface area contributed by atoms with Gasteiger partial charge in [-0.2, -0.15) is 0 Å². The third kappa shape index (κ3) is 2.55. The number of imide groups is 1. The van der Waals surface area contributed by atoms with Crippen LogP contribution in [-0.4, -0.2) is 22.7 Å². The van der Waals surface area contributed by atoms with Crippen LogP contribution in [0.1, 0.15) is 23.2 Å². The van der Waals surface area contributed by atoms with Crippen molar-refractivity contribution in [1.29, 1.82) is 0 Å². The van der Waals surface area contributed by atoms with Crippen LogP contribution < -0.4 is 10.2 Å². The van der Waals surface area contributed by atoms with E-state index in [0.717, 1.165) is 4.90 Å². The predicted octanol–water partition coefficient (Wildman–Crippen LogP) is 2.05. The van der Waals surface area contributed by atoms with Crippen molar-refractivity contribution >= 4 is 39.9 Å². The molecule has 6 nitrogen and oxygen atoms in total. The van der Waals surface area contributed by atoms with Crippen molar-refractivity contribution in [2.45, 2.75) is 12.8 Å². The highest BCUT2D eigenvalue weighted by atomic mass is 32.1. The van der Waals surface area contributed by atoms with Gasteiger partial charge in [0, 0.05) is 24.4 Å². The van der Waals surface area contributed by atoms with Crippen molar-refractivity contribution in [2.75, 3.05) is 10.2 Å². The maximum Gasteiger partial charge on any atom is 0.259 e. The highest BCUT2D eigenvalue weighted by Crippen LogP contribution is 2.27. The summed E-state index contributed by atoms with van der Waals surface area (Å²) in [4.78, 5) is 41.0. The molecular weight excluding hydrogens is 290 g/mol. The van der Waals surface area contributed by atoms with E-state index in [0.29, 0.717) is 10.8 Å². The number of nitrogens with zero attached hydrogens (tertiary/aromatic N) is 2. The Morgan fingerprint density at radius 2 is 1.90 bits per heavy atom. The van der Waals surface area contributed by atoms with E-state index in [9.17, 15) is 14.4 Å². The smallest absolute Gasteiger partial charge is 0.259 e. The molecule has 0 spiro atoms. The number of para-hydroxylation sites is 1. The Morgan fingerprint density at radius 1 is 1.19 bits per heavy atom. The molecule has 2 heterocycles. The van der Waals surface area contributed by atoms with Gasteiger partial charge >= 0.3 is 0 Å². The average molecular weight is 301 g/mol. The zero-order valence-corrected chi connectivity index (χ0v) is 11.7. The number of thiazole rings is 1. The Labute approximate surface area is 124 Å². The van der Waals surface area contributed by atoms with Crippen LogP contribution in [-0.2, 0) is 9.59 Å². The van der Waals surface area contributed by atoms with Crippen LogP contribution in [0.2, 0.25) is 0 Å². The van der Waals surface area contributed by atoms with Gasteiger partial charge in [0.15, 0.2) is 5.13 Å². The summed E-state index contributed by atoms with van der Waals surface area (Å²) in [5, 5.41) is 4.86. The van der Waals surface area contributed by atoms with Gasteiger partial charge in [-0.15, -0.1) is 11.3 Å². The van der Waals surface area contributed by atoms with E-state index >= 15 is 0 Å². The molecule has 1 fully saturated rings. The Balaban J connectivity index is 1.94. The zero-order chi connectivity index (χ0) is 14.8. The van der Waals surface area contributed by atoms with Crippen molar-refractivity contribution in [3.05, 3.63) is 41.4 Å². The summed E-state index contributed by atoms with van der Waals surface area (Å²) in [7, 11) is 0. The van der Waals surface area contributed by atoms with Gasteiger partial charge in [0.1, 0.15) is 0 Å². The largest absolute Gasteiger partial charge is 0.298 e. The molecule has 1 saturated heterocycles. The molecule has 106 valence electrons. The summed E-state index contributed by atoms with van der Waals surface area (Å²) < 4.78 is 0. The maximum atomic E-state index is 12.3. The number of carbonyl (C=O) groups excluding carboxylic acids is 3. The minimum atomic E-state index is -0.395. The van der Waals surface area contributed by atoms with Crippen LogP contribution in [0.25, 0.3) is 0 Å². The molecular formula is C14H11N3O3S. The number of aromatic nitrogens is 1. The molecule has 1 N–H and O–H groups in total. The number of nitrogens with one attached hydrogen (secondary N) is 1. The molecule has 1 aromatic carbocycles. The quantitative estimate of drug-likeness (QED) is 0.880. The van der Waals surface area contributed by atoms with Crippen LogP contribution in [0.3, 0.4) is 0 Å². The van der Waals surface area contributed by atoms with Crippen molar-refractivity contribution < 1.29 is 14.4 Å². The summed E-state index contributed by atoms with van der Waals surface area (Å²) in [6, 6.07) is 6.55. The average Bonchev–Trinajstić information content (AvgIpc) is 3.09. The summed E-state index contributed by atoms with van der Waals surface area (Å²) in [5.74, 6) is -0.961. The lowest BCUT2D eigenvalue weighted by molar-refractivity contribution is -0.121. The van der Waals surface area contributed by atoms with Crippen LogP contribution in [0.15, 0.2) is 35.8 Å². The highest BCUT2D eigenvalue weighted by molar-refractivity contribution is 7.13. The van der Waals surface area contributed by atoms with E-state index in [4.69, 9.17) is 0 Å².